The topological polar surface area (TPSA) is 84.9 Å². The Kier molecular flexibility index (Phi) is 7.00. The van der Waals surface area contributed by atoms with Gasteiger partial charge in [0.1, 0.15) is 11.3 Å². The van der Waals surface area contributed by atoms with Gasteiger partial charge in [-0.3, -0.25) is 19.7 Å². The normalized spacial score (nSPS) is 26.0. The highest BCUT2D eigenvalue weighted by Crippen LogP contribution is 2.52. The highest BCUT2D eigenvalue weighted by atomic mass is 32.2. The highest BCUT2D eigenvalue weighted by Gasteiger charge is 2.68. The predicted octanol–water partition coefficient (Wildman–Crippen LogP) is 3.51. The van der Waals surface area contributed by atoms with Crippen LogP contribution in [0.25, 0.3) is 0 Å². The molecule has 2 aliphatic heterocycles. The molecule has 180 valence electrons. The number of thioether (sulfide) groups is 1. The monoisotopic (exact) mass is 482 g/mol. The minimum atomic E-state index is -1.29. The number of aryl methyl sites for hydroxylation is 1. The average molecular weight is 483 g/mol. The number of hydrogen-bond donors (Lipinski definition) is 1. The van der Waals surface area contributed by atoms with Crippen molar-refractivity contribution in [2.45, 2.75) is 31.8 Å². The highest BCUT2D eigenvalue weighted by molar-refractivity contribution is 7.98. The standard InChI is InChI=1S/C26H30N2O5S/c1-5-33-18-12-10-17(11-13-18)28-23(29)20-21(24(28)30)26(14-15-34-4,25(31)32-3)27-22(20)19-9-7-6-8-16(19)2/h6-13,20-22,27H,5,14-15H2,1-4H3/t20-,21+,22+,26-/m1/s1. The van der Waals surface area contributed by atoms with Crippen LogP contribution in [-0.4, -0.2) is 49.0 Å². The van der Waals surface area contributed by atoms with Crippen LogP contribution in [0.2, 0.25) is 0 Å². The summed E-state index contributed by atoms with van der Waals surface area (Å²) in [6, 6.07) is 14.2. The van der Waals surface area contributed by atoms with E-state index in [0.717, 1.165) is 11.1 Å². The van der Waals surface area contributed by atoms with E-state index in [2.05, 4.69) is 5.32 Å². The van der Waals surface area contributed by atoms with E-state index >= 15 is 0 Å². The molecule has 0 saturated carbocycles. The number of ether oxygens (including phenoxy) is 2. The van der Waals surface area contributed by atoms with Crippen LogP contribution in [0.15, 0.2) is 48.5 Å². The van der Waals surface area contributed by atoms with Crippen molar-refractivity contribution in [3.63, 3.8) is 0 Å². The molecule has 0 aromatic heterocycles. The molecule has 0 radical (unpaired) electrons. The molecule has 0 unspecified atom stereocenters. The number of anilines is 1. The second-order valence-corrected chi connectivity index (χ2v) is 9.61. The Labute approximate surface area is 204 Å². The van der Waals surface area contributed by atoms with E-state index < -0.39 is 29.4 Å². The lowest BCUT2D eigenvalue weighted by molar-refractivity contribution is -0.152. The molecule has 0 spiro atoms. The van der Waals surface area contributed by atoms with Gasteiger partial charge in [-0.2, -0.15) is 11.8 Å². The number of nitrogens with one attached hydrogen (secondary N) is 1. The van der Waals surface area contributed by atoms with Crippen LogP contribution in [0, 0.1) is 18.8 Å². The molecule has 7 nitrogen and oxygen atoms in total. The zero-order chi connectivity index (χ0) is 24.5. The second-order valence-electron chi connectivity index (χ2n) is 8.63. The van der Waals surface area contributed by atoms with Crippen molar-refractivity contribution >= 4 is 35.2 Å². The zero-order valence-corrected chi connectivity index (χ0v) is 20.7. The largest absolute Gasteiger partial charge is 0.494 e. The molecule has 2 fully saturated rings. The first-order valence-electron chi connectivity index (χ1n) is 11.4. The molecule has 2 heterocycles. The van der Waals surface area contributed by atoms with Crippen LogP contribution < -0.4 is 15.0 Å². The number of rotatable bonds is 8. The lowest BCUT2D eigenvalue weighted by atomic mass is 9.77. The van der Waals surface area contributed by atoms with Crippen molar-refractivity contribution in [1.29, 1.82) is 0 Å². The van der Waals surface area contributed by atoms with Gasteiger partial charge in [-0.25, -0.2) is 4.90 Å². The molecule has 4 rings (SSSR count). The van der Waals surface area contributed by atoms with Crippen molar-refractivity contribution in [3.8, 4) is 5.75 Å². The number of imide groups is 1. The smallest absolute Gasteiger partial charge is 0.326 e. The Morgan fingerprint density at radius 3 is 2.44 bits per heavy atom. The third kappa shape index (κ3) is 3.88. The summed E-state index contributed by atoms with van der Waals surface area (Å²) in [6.07, 6.45) is 2.32. The van der Waals surface area contributed by atoms with E-state index in [-0.39, 0.29) is 11.8 Å². The van der Waals surface area contributed by atoms with Gasteiger partial charge in [0.05, 0.1) is 31.2 Å². The summed E-state index contributed by atoms with van der Waals surface area (Å²) in [5.41, 5.74) is 1.08. The molecule has 2 aromatic rings. The van der Waals surface area contributed by atoms with Crippen molar-refractivity contribution in [2.75, 3.05) is 30.6 Å². The van der Waals surface area contributed by atoms with Gasteiger partial charge >= 0.3 is 5.97 Å². The maximum atomic E-state index is 13.9. The number of fused-ring (bicyclic) bond motifs is 1. The van der Waals surface area contributed by atoms with Crippen molar-refractivity contribution in [2.24, 2.45) is 11.8 Å². The van der Waals surface area contributed by atoms with Crippen LogP contribution in [0.3, 0.4) is 0 Å². The molecule has 0 aliphatic carbocycles. The van der Waals surface area contributed by atoms with E-state index in [1.807, 2.05) is 44.4 Å². The Hall–Kier alpha value is -2.84. The number of hydrogen-bond acceptors (Lipinski definition) is 7. The molecule has 34 heavy (non-hydrogen) atoms. The number of esters is 1. The minimum absolute atomic E-state index is 0.310. The van der Waals surface area contributed by atoms with Crippen LogP contribution in [0.5, 0.6) is 5.75 Å². The Bertz CT molecular complexity index is 1090. The summed E-state index contributed by atoms with van der Waals surface area (Å²) < 4.78 is 10.7. The molecule has 0 bridgehead atoms. The van der Waals surface area contributed by atoms with Crippen LogP contribution in [-0.2, 0) is 19.1 Å². The van der Waals surface area contributed by atoms with Gasteiger partial charge in [0.2, 0.25) is 11.8 Å². The van der Waals surface area contributed by atoms with Crippen LogP contribution >= 0.6 is 11.8 Å². The summed E-state index contributed by atoms with van der Waals surface area (Å²) in [5.74, 6) is -1.49. The van der Waals surface area contributed by atoms with Gasteiger partial charge in [0, 0.05) is 6.04 Å². The van der Waals surface area contributed by atoms with Gasteiger partial charge in [-0.1, -0.05) is 24.3 Å². The van der Waals surface area contributed by atoms with Crippen molar-refractivity contribution in [1.82, 2.24) is 5.32 Å². The van der Waals surface area contributed by atoms with Crippen LogP contribution in [0.4, 0.5) is 5.69 Å². The molecule has 8 heteroatoms. The van der Waals surface area contributed by atoms with E-state index in [1.165, 1.54) is 12.0 Å². The first-order chi connectivity index (χ1) is 16.4. The first-order valence-corrected chi connectivity index (χ1v) is 12.8. The average Bonchev–Trinajstić information content (AvgIpc) is 3.32. The van der Waals surface area contributed by atoms with E-state index in [0.29, 0.717) is 30.2 Å². The van der Waals surface area contributed by atoms with Gasteiger partial charge in [-0.15, -0.1) is 0 Å². The summed E-state index contributed by atoms with van der Waals surface area (Å²) in [5, 5.41) is 3.43. The van der Waals surface area contributed by atoms with Crippen molar-refractivity contribution in [3.05, 3.63) is 59.7 Å². The number of nitrogens with zero attached hydrogens (tertiary/aromatic N) is 1. The number of methoxy groups -OCH3 is 1. The van der Waals surface area contributed by atoms with Crippen LogP contribution in [0.1, 0.15) is 30.5 Å². The summed E-state index contributed by atoms with van der Waals surface area (Å²) >= 11 is 1.58. The molecular weight excluding hydrogens is 452 g/mol. The van der Waals surface area contributed by atoms with Gasteiger partial charge in [-0.05, 0) is 67.7 Å². The maximum absolute atomic E-state index is 13.9. The molecule has 1 N–H and O–H groups in total. The maximum Gasteiger partial charge on any atom is 0.326 e. The molecule has 2 amide bonds. The first kappa shape index (κ1) is 24.3. The number of amides is 2. The van der Waals surface area contributed by atoms with E-state index in [9.17, 15) is 14.4 Å². The third-order valence-electron chi connectivity index (χ3n) is 6.83. The summed E-state index contributed by atoms with van der Waals surface area (Å²) in [4.78, 5) is 42.2. The minimum Gasteiger partial charge on any atom is -0.494 e. The summed E-state index contributed by atoms with van der Waals surface area (Å²) in [7, 11) is 1.33. The second kappa shape index (κ2) is 9.80. The quantitative estimate of drug-likeness (QED) is 0.455. The van der Waals surface area contributed by atoms with Crippen molar-refractivity contribution < 1.29 is 23.9 Å². The lowest BCUT2D eigenvalue weighted by Gasteiger charge is -2.32. The fourth-order valence-corrected chi connectivity index (χ4v) is 5.81. The molecule has 4 atom stereocenters. The zero-order valence-electron chi connectivity index (χ0n) is 19.9. The van der Waals surface area contributed by atoms with E-state index in [4.69, 9.17) is 9.47 Å². The molecule has 2 aromatic carbocycles. The van der Waals surface area contributed by atoms with E-state index in [1.54, 1.807) is 36.0 Å². The number of carbonyl (C=O) groups is 3. The predicted molar refractivity (Wildman–Crippen MR) is 132 cm³/mol. The number of benzene rings is 2. The third-order valence-corrected chi connectivity index (χ3v) is 7.45. The molecule has 2 aliphatic rings. The fraction of sp³-hybridized carbons (Fsp3) is 0.423. The summed E-state index contributed by atoms with van der Waals surface area (Å²) in [6.45, 7) is 4.38. The lowest BCUT2D eigenvalue weighted by Crippen LogP contribution is -2.56. The molecule has 2 saturated heterocycles. The number of carbonyl (C=O) groups excluding carboxylic acids is 3. The van der Waals surface area contributed by atoms with Gasteiger partial charge < -0.3 is 9.47 Å². The molecular formula is C26H30N2O5S. The Morgan fingerprint density at radius 2 is 1.82 bits per heavy atom. The SMILES string of the molecule is CCOc1ccc(N2C(=O)[C@@H]3[C@@H](C2=O)[C@](CCSC)(C(=O)OC)N[C@H]3c2ccccc2C)cc1. The fourth-order valence-electron chi connectivity index (χ4n) is 5.28. The Balaban J connectivity index is 1.83. The van der Waals surface area contributed by atoms with Gasteiger partial charge in [0.15, 0.2) is 0 Å². The van der Waals surface area contributed by atoms with Gasteiger partial charge in [0.25, 0.3) is 0 Å². The Morgan fingerprint density at radius 1 is 1.12 bits per heavy atom.